The first-order chi connectivity index (χ1) is 17.6. The minimum Gasteiger partial charge on any atom is -0.350 e. The van der Waals surface area contributed by atoms with E-state index in [4.69, 9.17) is 5.73 Å². The number of rotatable bonds is 7. The molecule has 36 heavy (non-hydrogen) atoms. The fraction of sp³-hybridized carbons (Fsp3) is 0.0333. The van der Waals surface area contributed by atoms with Crippen molar-refractivity contribution in [3.05, 3.63) is 120 Å². The van der Waals surface area contributed by atoms with Crippen molar-refractivity contribution >= 4 is 28.9 Å². The van der Waals surface area contributed by atoms with Crippen LogP contribution in [0.3, 0.4) is 0 Å². The largest absolute Gasteiger partial charge is 0.350 e. The third-order valence-corrected chi connectivity index (χ3v) is 6.04. The summed E-state index contributed by atoms with van der Waals surface area (Å²) in [7, 11) is 0. The molecule has 0 aliphatic carbocycles. The lowest BCUT2D eigenvalue weighted by Gasteiger charge is -2.12. The maximum Gasteiger partial charge on any atom is 0.332 e. The number of primary amides is 1. The van der Waals surface area contributed by atoms with Crippen LogP contribution in [0.5, 0.6) is 0 Å². The van der Waals surface area contributed by atoms with Gasteiger partial charge in [0.05, 0.1) is 18.5 Å². The molecule has 0 saturated heterocycles. The van der Waals surface area contributed by atoms with Crippen LogP contribution in [0, 0.1) is 0 Å². The van der Waals surface area contributed by atoms with Crippen LogP contribution in [0.4, 0.5) is 4.79 Å². The number of para-hydroxylation sites is 1. The molecule has 0 spiro atoms. The highest BCUT2D eigenvalue weighted by molar-refractivity contribution is 6.08. The third-order valence-electron chi connectivity index (χ3n) is 6.04. The molecule has 0 radical (unpaired) electrons. The predicted molar refractivity (Wildman–Crippen MR) is 144 cm³/mol. The standard InChI is InChI=1S/C30H24N4O2/c31-30(36)33-32-19-26-25-13-7-8-14-27(25)34(29(26)24-11-5-2-6-12-24)20-28(35)23-17-15-22(16-18-23)21-9-3-1-4-10-21/h1-19H,20H2,(H3,31,33,36)/b32-19+. The van der Waals surface area contributed by atoms with Crippen molar-refractivity contribution in [1.82, 2.24) is 9.99 Å². The number of hydrogen-bond acceptors (Lipinski definition) is 3. The first-order valence-electron chi connectivity index (χ1n) is 11.6. The number of Topliss-reactive ketones (excluding diaryl/α,β-unsaturated/α-hetero) is 1. The number of hydrogen-bond donors (Lipinski definition) is 2. The van der Waals surface area contributed by atoms with E-state index in [-0.39, 0.29) is 12.3 Å². The first kappa shape index (κ1) is 22.8. The number of urea groups is 1. The maximum atomic E-state index is 13.5. The Morgan fingerprint density at radius 3 is 2.00 bits per heavy atom. The molecule has 4 aromatic carbocycles. The summed E-state index contributed by atoms with van der Waals surface area (Å²) in [6, 6.07) is 34.7. The normalized spacial score (nSPS) is 11.1. The van der Waals surface area contributed by atoms with Gasteiger partial charge in [-0.2, -0.15) is 5.10 Å². The highest BCUT2D eigenvalue weighted by atomic mass is 16.2. The molecular formula is C30H24N4O2. The van der Waals surface area contributed by atoms with E-state index >= 15 is 0 Å². The smallest absolute Gasteiger partial charge is 0.332 e. The second-order valence-electron chi connectivity index (χ2n) is 8.33. The minimum absolute atomic E-state index is 0.00806. The van der Waals surface area contributed by atoms with Gasteiger partial charge >= 0.3 is 6.03 Å². The molecule has 0 atom stereocenters. The van der Waals surface area contributed by atoms with Crippen LogP contribution in [0.15, 0.2) is 114 Å². The number of amides is 2. The average Bonchev–Trinajstić information content (AvgIpc) is 3.22. The highest BCUT2D eigenvalue weighted by Gasteiger charge is 2.20. The molecule has 176 valence electrons. The number of nitrogens with one attached hydrogen (secondary N) is 1. The molecule has 6 heteroatoms. The Hall–Kier alpha value is -4.97. The number of aromatic nitrogens is 1. The van der Waals surface area contributed by atoms with Gasteiger partial charge in [-0.1, -0.05) is 103 Å². The Morgan fingerprint density at radius 1 is 0.750 bits per heavy atom. The zero-order valence-corrected chi connectivity index (χ0v) is 19.5. The summed E-state index contributed by atoms with van der Waals surface area (Å²) in [6.07, 6.45) is 1.57. The summed E-state index contributed by atoms with van der Waals surface area (Å²) in [6.45, 7) is 0.145. The minimum atomic E-state index is -0.745. The molecule has 2 amide bonds. The lowest BCUT2D eigenvalue weighted by Crippen LogP contribution is -2.24. The molecule has 0 bridgehead atoms. The number of fused-ring (bicyclic) bond motifs is 1. The van der Waals surface area contributed by atoms with Gasteiger partial charge in [0.2, 0.25) is 0 Å². The zero-order chi connectivity index (χ0) is 24.9. The lowest BCUT2D eigenvalue weighted by atomic mass is 10.0. The Morgan fingerprint density at radius 2 is 1.33 bits per heavy atom. The van der Waals surface area contributed by atoms with Crippen LogP contribution in [-0.4, -0.2) is 22.6 Å². The van der Waals surface area contributed by atoms with Gasteiger partial charge in [0.1, 0.15) is 0 Å². The number of nitrogens with zero attached hydrogens (tertiary/aromatic N) is 2. The number of carbonyl (C=O) groups excluding carboxylic acids is 2. The Balaban J connectivity index is 1.57. The van der Waals surface area contributed by atoms with Crippen LogP contribution in [0.2, 0.25) is 0 Å². The van der Waals surface area contributed by atoms with Crippen molar-refractivity contribution in [2.75, 3.05) is 0 Å². The number of benzene rings is 4. The molecule has 0 saturated carbocycles. The molecule has 0 fully saturated rings. The van der Waals surface area contributed by atoms with Gasteiger partial charge in [-0.25, -0.2) is 10.2 Å². The Bertz CT molecular complexity index is 1550. The fourth-order valence-corrected chi connectivity index (χ4v) is 4.41. The predicted octanol–water partition coefficient (Wildman–Crippen LogP) is 5.86. The van der Waals surface area contributed by atoms with E-state index in [1.54, 1.807) is 6.21 Å². The second kappa shape index (κ2) is 10.1. The van der Waals surface area contributed by atoms with Crippen molar-refractivity contribution in [3.63, 3.8) is 0 Å². The lowest BCUT2D eigenvalue weighted by molar-refractivity contribution is 0.0974. The third kappa shape index (κ3) is 4.65. The average molecular weight is 473 g/mol. The van der Waals surface area contributed by atoms with E-state index in [2.05, 4.69) is 10.5 Å². The van der Waals surface area contributed by atoms with E-state index in [0.29, 0.717) is 5.56 Å². The zero-order valence-electron chi connectivity index (χ0n) is 19.5. The van der Waals surface area contributed by atoms with Gasteiger partial charge < -0.3 is 10.3 Å². The van der Waals surface area contributed by atoms with E-state index in [9.17, 15) is 9.59 Å². The van der Waals surface area contributed by atoms with Crippen LogP contribution in [0.25, 0.3) is 33.3 Å². The van der Waals surface area contributed by atoms with Crippen molar-refractivity contribution in [2.45, 2.75) is 6.54 Å². The number of carbonyl (C=O) groups is 2. The second-order valence-corrected chi connectivity index (χ2v) is 8.33. The number of nitrogens with two attached hydrogens (primary N) is 1. The summed E-state index contributed by atoms with van der Waals surface area (Å²) < 4.78 is 2.00. The van der Waals surface area contributed by atoms with Crippen LogP contribution < -0.4 is 11.2 Å². The molecule has 0 aliphatic rings. The number of hydrazone groups is 1. The van der Waals surface area contributed by atoms with Crippen LogP contribution in [-0.2, 0) is 6.54 Å². The van der Waals surface area contributed by atoms with Crippen molar-refractivity contribution in [2.24, 2.45) is 10.8 Å². The molecule has 0 unspecified atom stereocenters. The summed E-state index contributed by atoms with van der Waals surface area (Å²) >= 11 is 0. The van der Waals surface area contributed by atoms with Gasteiger partial charge in [0.15, 0.2) is 5.78 Å². The highest BCUT2D eigenvalue weighted by Crippen LogP contribution is 2.33. The first-order valence-corrected chi connectivity index (χ1v) is 11.6. The van der Waals surface area contributed by atoms with E-state index in [0.717, 1.165) is 38.9 Å². The van der Waals surface area contributed by atoms with Gasteiger partial charge in [0.25, 0.3) is 0 Å². The molecule has 6 nitrogen and oxygen atoms in total. The fourth-order valence-electron chi connectivity index (χ4n) is 4.41. The number of ketones is 1. The van der Waals surface area contributed by atoms with Crippen molar-refractivity contribution in [3.8, 4) is 22.4 Å². The summed E-state index contributed by atoms with van der Waals surface area (Å²) in [5.41, 5.74) is 13.7. The van der Waals surface area contributed by atoms with E-state index in [1.165, 1.54) is 0 Å². The SMILES string of the molecule is NC(=O)N/N=C/c1c(-c2ccccc2)n(CC(=O)c2ccc(-c3ccccc3)cc2)c2ccccc12. The van der Waals surface area contributed by atoms with Gasteiger partial charge in [0, 0.05) is 22.0 Å². The monoisotopic (exact) mass is 472 g/mol. The molecule has 5 rings (SSSR count). The van der Waals surface area contributed by atoms with Gasteiger partial charge in [-0.05, 0) is 22.8 Å². The van der Waals surface area contributed by atoms with Gasteiger partial charge in [-0.3, -0.25) is 4.79 Å². The summed E-state index contributed by atoms with van der Waals surface area (Å²) in [5.74, 6) is -0.00806. The maximum absolute atomic E-state index is 13.5. The summed E-state index contributed by atoms with van der Waals surface area (Å²) in [4.78, 5) is 24.7. The van der Waals surface area contributed by atoms with E-state index in [1.807, 2.05) is 114 Å². The van der Waals surface area contributed by atoms with Crippen molar-refractivity contribution < 1.29 is 9.59 Å². The molecule has 3 N–H and O–H groups in total. The Kier molecular flexibility index (Phi) is 6.40. The molecule has 0 aliphatic heterocycles. The van der Waals surface area contributed by atoms with Gasteiger partial charge in [-0.15, -0.1) is 0 Å². The quantitative estimate of drug-likeness (QED) is 0.176. The summed E-state index contributed by atoms with van der Waals surface area (Å²) in [5, 5.41) is 4.93. The Labute approximate surface area is 208 Å². The van der Waals surface area contributed by atoms with Crippen LogP contribution in [0.1, 0.15) is 15.9 Å². The molecule has 1 aromatic heterocycles. The molecule has 5 aromatic rings. The topological polar surface area (TPSA) is 89.5 Å². The molecular weight excluding hydrogens is 448 g/mol. The molecule has 1 heterocycles. The van der Waals surface area contributed by atoms with Crippen LogP contribution >= 0.6 is 0 Å². The van der Waals surface area contributed by atoms with Crippen molar-refractivity contribution in [1.29, 1.82) is 0 Å². The van der Waals surface area contributed by atoms with E-state index < -0.39 is 6.03 Å².